The lowest BCUT2D eigenvalue weighted by atomic mass is 9.85. The molecule has 3 unspecified atom stereocenters. The summed E-state index contributed by atoms with van der Waals surface area (Å²) in [7, 11) is 0. The normalized spacial score (nSPS) is 20.4. The minimum Gasteiger partial charge on any atom is -0.345 e. The fourth-order valence-electron chi connectivity index (χ4n) is 6.46. The number of piperidine rings is 1. The van der Waals surface area contributed by atoms with Gasteiger partial charge in [-0.1, -0.05) is 50.6 Å². The molecule has 228 valence electrons. The maximum Gasteiger partial charge on any atom is 0.324 e. The molecule has 0 spiro atoms. The molecule has 5 rings (SSSR count). The van der Waals surface area contributed by atoms with Gasteiger partial charge in [0.25, 0.3) is 0 Å². The van der Waals surface area contributed by atoms with Crippen molar-refractivity contribution in [3.63, 3.8) is 0 Å². The Balaban J connectivity index is 1.19. The number of hydrogen-bond donors (Lipinski definition) is 3. The van der Waals surface area contributed by atoms with Gasteiger partial charge >= 0.3 is 6.03 Å². The average molecular weight is 585 g/mol. The number of nitrogens with one attached hydrogen (secondary N) is 3. The highest BCUT2D eigenvalue weighted by atomic mass is 16.2. The fraction of sp³-hybridized carbons (Fsp3) is 0.471. The molecule has 9 nitrogen and oxygen atoms in total. The lowest BCUT2D eigenvalue weighted by Gasteiger charge is -2.40. The number of rotatable bonds is 7. The monoisotopic (exact) mass is 584 g/mol. The van der Waals surface area contributed by atoms with Crippen LogP contribution in [0.5, 0.6) is 0 Å². The Hall–Kier alpha value is -4.14. The van der Waals surface area contributed by atoms with Crippen LogP contribution in [0, 0.1) is 12.8 Å². The van der Waals surface area contributed by atoms with Crippen molar-refractivity contribution in [2.45, 2.75) is 97.2 Å². The summed E-state index contributed by atoms with van der Waals surface area (Å²) in [5.74, 6) is 0.959. The molecule has 2 saturated heterocycles. The van der Waals surface area contributed by atoms with E-state index in [1.807, 2.05) is 54.3 Å². The Morgan fingerprint density at radius 3 is 2.16 bits per heavy atom. The smallest absolute Gasteiger partial charge is 0.324 e. The second-order valence-corrected chi connectivity index (χ2v) is 13.3. The standard InChI is InChI=1S/C34H44N6O3/c1-21-7-13-27(14-8-21)40-31(20-30(38-40)34(4,5)6)37-33(43)36-26-11-9-24(10-12-26)17-25-18-28-15-16-29(19-25)39(28)32(42)22(2)35-23(3)41/h7-14,20,22,25,28-29H,15-19H2,1-6H3,(H,35,41)(H2,36,37,43). The van der Waals surface area contributed by atoms with E-state index in [0.29, 0.717) is 17.4 Å². The number of carbonyl (C=O) groups excluding carboxylic acids is 3. The van der Waals surface area contributed by atoms with Crippen molar-refractivity contribution in [3.8, 4) is 5.69 Å². The summed E-state index contributed by atoms with van der Waals surface area (Å²) in [5.41, 5.74) is 4.68. The van der Waals surface area contributed by atoms with Crippen molar-refractivity contribution < 1.29 is 14.4 Å². The number of aromatic nitrogens is 2. The van der Waals surface area contributed by atoms with E-state index < -0.39 is 6.04 Å². The van der Waals surface area contributed by atoms with Gasteiger partial charge in [0.05, 0.1) is 11.4 Å². The molecule has 3 heterocycles. The Morgan fingerprint density at radius 2 is 1.58 bits per heavy atom. The lowest BCUT2D eigenvalue weighted by Crippen LogP contribution is -2.53. The Labute approximate surface area is 254 Å². The van der Waals surface area contributed by atoms with E-state index in [4.69, 9.17) is 5.10 Å². The third kappa shape index (κ3) is 7.09. The van der Waals surface area contributed by atoms with Crippen LogP contribution in [-0.4, -0.2) is 50.7 Å². The molecule has 0 aliphatic carbocycles. The van der Waals surface area contributed by atoms with Crippen LogP contribution in [0.3, 0.4) is 0 Å². The summed E-state index contributed by atoms with van der Waals surface area (Å²) in [4.78, 5) is 39.5. The molecular weight excluding hydrogens is 540 g/mol. The fourth-order valence-corrected chi connectivity index (χ4v) is 6.46. The van der Waals surface area contributed by atoms with E-state index in [0.717, 1.165) is 49.0 Å². The van der Waals surface area contributed by atoms with Crippen LogP contribution >= 0.6 is 0 Å². The summed E-state index contributed by atoms with van der Waals surface area (Å²) in [6.45, 7) is 11.6. The Morgan fingerprint density at radius 1 is 0.953 bits per heavy atom. The Kier molecular flexibility index (Phi) is 8.62. The van der Waals surface area contributed by atoms with Crippen molar-refractivity contribution in [1.82, 2.24) is 20.0 Å². The third-order valence-electron chi connectivity index (χ3n) is 8.61. The van der Waals surface area contributed by atoms with Crippen molar-refractivity contribution in [3.05, 3.63) is 71.4 Å². The second kappa shape index (κ2) is 12.2. The largest absolute Gasteiger partial charge is 0.345 e. The molecule has 2 bridgehead atoms. The highest BCUT2D eigenvalue weighted by Gasteiger charge is 2.44. The van der Waals surface area contributed by atoms with Gasteiger partial charge in [0.2, 0.25) is 11.8 Å². The first-order valence-corrected chi connectivity index (χ1v) is 15.3. The molecule has 43 heavy (non-hydrogen) atoms. The first-order chi connectivity index (χ1) is 20.4. The lowest BCUT2D eigenvalue weighted by molar-refractivity contribution is -0.140. The van der Waals surface area contributed by atoms with Gasteiger partial charge in [-0.25, -0.2) is 9.48 Å². The quantitative estimate of drug-likeness (QED) is 0.319. The summed E-state index contributed by atoms with van der Waals surface area (Å²) < 4.78 is 1.77. The van der Waals surface area contributed by atoms with E-state index in [1.165, 1.54) is 12.5 Å². The number of benzene rings is 2. The summed E-state index contributed by atoms with van der Waals surface area (Å²) >= 11 is 0. The summed E-state index contributed by atoms with van der Waals surface area (Å²) in [6, 6.07) is 17.7. The predicted molar refractivity (Wildman–Crippen MR) is 169 cm³/mol. The molecule has 0 radical (unpaired) electrons. The summed E-state index contributed by atoms with van der Waals surface area (Å²) in [5, 5.41) is 13.5. The number of hydrogen-bond acceptors (Lipinski definition) is 4. The minimum absolute atomic E-state index is 0.0337. The van der Waals surface area contributed by atoms with Gasteiger partial charge in [0, 0.05) is 36.2 Å². The molecule has 2 aromatic carbocycles. The molecule has 3 atom stereocenters. The highest BCUT2D eigenvalue weighted by Crippen LogP contribution is 2.40. The average Bonchev–Trinajstić information content (AvgIpc) is 3.47. The van der Waals surface area contributed by atoms with Crippen LogP contribution < -0.4 is 16.0 Å². The van der Waals surface area contributed by atoms with E-state index in [2.05, 4.69) is 48.9 Å². The van der Waals surface area contributed by atoms with Gasteiger partial charge in [-0.05, 0) is 81.7 Å². The SMILES string of the molecule is CC(=O)NC(C)C(=O)N1C2CCC1CC(Cc1ccc(NC(=O)Nc3cc(C(C)(C)C)nn3-c3ccc(C)cc3)cc1)C2. The number of urea groups is 1. The van der Waals surface area contributed by atoms with Crippen molar-refractivity contribution in [2.75, 3.05) is 10.6 Å². The number of amides is 4. The van der Waals surface area contributed by atoms with Crippen molar-refractivity contribution >= 4 is 29.4 Å². The van der Waals surface area contributed by atoms with Gasteiger partial charge in [-0.2, -0.15) is 5.10 Å². The maximum atomic E-state index is 13.0. The van der Waals surface area contributed by atoms with Crippen LogP contribution in [0.1, 0.15) is 77.1 Å². The van der Waals surface area contributed by atoms with Crippen molar-refractivity contribution in [1.29, 1.82) is 0 Å². The zero-order chi connectivity index (χ0) is 30.9. The minimum atomic E-state index is -0.488. The van der Waals surface area contributed by atoms with Gasteiger partial charge in [-0.15, -0.1) is 0 Å². The van der Waals surface area contributed by atoms with Crippen LogP contribution in [0.25, 0.3) is 5.69 Å². The van der Waals surface area contributed by atoms with Gasteiger partial charge in [0.1, 0.15) is 11.9 Å². The maximum absolute atomic E-state index is 13.0. The Bertz CT molecular complexity index is 1460. The van der Waals surface area contributed by atoms with Gasteiger partial charge < -0.3 is 15.5 Å². The molecule has 9 heteroatoms. The van der Waals surface area contributed by atoms with Crippen LogP contribution in [-0.2, 0) is 21.4 Å². The number of fused-ring (bicyclic) bond motifs is 2. The molecule has 3 aromatic rings. The van der Waals surface area contributed by atoms with Crippen LogP contribution in [0.15, 0.2) is 54.6 Å². The van der Waals surface area contributed by atoms with E-state index in [-0.39, 0.29) is 35.3 Å². The topological polar surface area (TPSA) is 108 Å². The van der Waals surface area contributed by atoms with Crippen LogP contribution in [0.4, 0.5) is 16.3 Å². The van der Waals surface area contributed by atoms with Crippen LogP contribution in [0.2, 0.25) is 0 Å². The highest BCUT2D eigenvalue weighted by molar-refractivity contribution is 5.99. The molecule has 2 fully saturated rings. The van der Waals surface area contributed by atoms with E-state index in [1.54, 1.807) is 11.6 Å². The molecule has 0 saturated carbocycles. The first-order valence-electron chi connectivity index (χ1n) is 15.3. The van der Waals surface area contributed by atoms with Gasteiger partial charge in [-0.3, -0.25) is 14.9 Å². The van der Waals surface area contributed by atoms with Gasteiger partial charge in [0.15, 0.2) is 0 Å². The predicted octanol–water partition coefficient (Wildman–Crippen LogP) is 5.96. The number of carbonyl (C=O) groups is 3. The molecule has 2 aliphatic heterocycles. The molecule has 3 N–H and O–H groups in total. The summed E-state index contributed by atoms with van der Waals surface area (Å²) in [6.07, 6.45) is 4.94. The number of aryl methyl sites for hydroxylation is 1. The molecule has 2 aliphatic rings. The number of nitrogens with zero attached hydrogens (tertiary/aromatic N) is 3. The van der Waals surface area contributed by atoms with E-state index >= 15 is 0 Å². The molecule has 1 aromatic heterocycles. The number of anilines is 2. The second-order valence-electron chi connectivity index (χ2n) is 13.3. The van der Waals surface area contributed by atoms with Crippen molar-refractivity contribution in [2.24, 2.45) is 5.92 Å². The zero-order valence-corrected chi connectivity index (χ0v) is 26.1. The molecular formula is C34H44N6O3. The first kappa shape index (κ1) is 30.3. The molecule has 4 amide bonds. The van der Waals surface area contributed by atoms with E-state index in [9.17, 15) is 14.4 Å². The zero-order valence-electron chi connectivity index (χ0n) is 26.1. The third-order valence-corrected chi connectivity index (χ3v) is 8.61.